The summed E-state index contributed by atoms with van der Waals surface area (Å²) in [5.41, 5.74) is 1.23. The van der Waals surface area contributed by atoms with Crippen molar-refractivity contribution in [1.82, 2.24) is 5.06 Å². The van der Waals surface area contributed by atoms with Gasteiger partial charge < -0.3 is 5.11 Å². The van der Waals surface area contributed by atoms with Crippen molar-refractivity contribution >= 4 is 12.4 Å². The first-order valence-corrected chi connectivity index (χ1v) is 7.79. The van der Waals surface area contributed by atoms with Gasteiger partial charge >= 0.3 is 5.97 Å². The topological polar surface area (TPSA) is 77.8 Å². The maximum Gasteiger partial charge on any atom is 0.308 e. The lowest BCUT2D eigenvalue weighted by molar-refractivity contribution is -0.173. The van der Waals surface area contributed by atoms with Crippen molar-refractivity contribution in [3.05, 3.63) is 35.9 Å². The second-order valence-corrected chi connectivity index (χ2v) is 5.52. The summed E-state index contributed by atoms with van der Waals surface area (Å²) < 4.78 is 0. The number of hydrogen-bond donors (Lipinski definition) is 2. The van der Waals surface area contributed by atoms with Gasteiger partial charge in [-0.3, -0.25) is 14.8 Å². The Kier molecular flexibility index (Phi) is 8.22. The Morgan fingerprint density at radius 1 is 1.23 bits per heavy atom. The molecule has 0 radical (unpaired) electrons. The van der Waals surface area contributed by atoms with E-state index in [-0.39, 0.29) is 0 Å². The van der Waals surface area contributed by atoms with E-state index in [1.54, 1.807) is 0 Å². The summed E-state index contributed by atoms with van der Waals surface area (Å²) in [6.07, 6.45) is 4.48. The van der Waals surface area contributed by atoms with Crippen LogP contribution in [0.15, 0.2) is 30.3 Å². The van der Waals surface area contributed by atoms with Crippen molar-refractivity contribution in [3.8, 4) is 0 Å². The lowest BCUT2D eigenvalue weighted by atomic mass is 9.90. The Balaban J connectivity index is 2.52. The molecule has 0 heterocycles. The number of carboxylic acids is 1. The summed E-state index contributed by atoms with van der Waals surface area (Å²) in [6, 6.07) is 9.39. The summed E-state index contributed by atoms with van der Waals surface area (Å²) in [7, 11) is 0. The predicted octanol–water partition coefficient (Wildman–Crippen LogP) is 3.12. The van der Waals surface area contributed by atoms with Gasteiger partial charge in [0.15, 0.2) is 0 Å². The Labute approximate surface area is 131 Å². The molecule has 122 valence electrons. The average Bonchev–Trinajstić information content (AvgIpc) is 2.53. The molecule has 0 aliphatic heterocycles. The number of aliphatic carboxylic acids is 1. The Morgan fingerprint density at radius 2 is 1.91 bits per heavy atom. The highest BCUT2D eigenvalue weighted by atomic mass is 16.5. The zero-order valence-corrected chi connectivity index (χ0v) is 13.0. The maximum atomic E-state index is 11.4. The van der Waals surface area contributed by atoms with E-state index in [9.17, 15) is 19.9 Å². The number of hydroxylamine groups is 2. The number of carbonyl (C=O) groups is 2. The highest BCUT2D eigenvalue weighted by molar-refractivity contribution is 5.71. The first-order chi connectivity index (χ1) is 10.6. The summed E-state index contributed by atoms with van der Waals surface area (Å²) in [5, 5.41) is 19.5. The van der Waals surface area contributed by atoms with E-state index in [1.807, 2.05) is 25.1 Å². The first kappa shape index (κ1) is 18.2. The van der Waals surface area contributed by atoms with Gasteiger partial charge in [0, 0.05) is 0 Å². The van der Waals surface area contributed by atoms with Gasteiger partial charge in [0.05, 0.1) is 12.0 Å². The van der Waals surface area contributed by atoms with Crippen LogP contribution in [0.1, 0.15) is 44.6 Å². The highest BCUT2D eigenvalue weighted by Crippen LogP contribution is 2.21. The van der Waals surface area contributed by atoms with Crippen molar-refractivity contribution in [3.63, 3.8) is 0 Å². The van der Waals surface area contributed by atoms with Crippen LogP contribution in [0.4, 0.5) is 0 Å². The van der Waals surface area contributed by atoms with Crippen LogP contribution in [0.5, 0.6) is 0 Å². The van der Waals surface area contributed by atoms with E-state index in [1.165, 1.54) is 5.56 Å². The molecule has 0 saturated carbocycles. The molecular weight excluding hydrogens is 282 g/mol. The van der Waals surface area contributed by atoms with Crippen molar-refractivity contribution in [2.24, 2.45) is 5.92 Å². The Bertz CT molecular complexity index is 449. The largest absolute Gasteiger partial charge is 0.481 e. The van der Waals surface area contributed by atoms with Crippen LogP contribution in [-0.2, 0) is 16.0 Å². The van der Waals surface area contributed by atoms with Crippen molar-refractivity contribution in [2.45, 2.75) is 51.5 Å². The van der Waals surface area contributed by atoms with Gasteiger partial charge in [-0.05, 0) is 31.2 Å². The fraction of sp³-hybridized carbons (Fsp3) is 0.529. The molecule has 5 heteroatoms. The van der Waals surface area contributed by atoms with Crippen LogP contribution in [0, 0.1) is 5.92 Å². The standard InChI is InChI=1S/C17H25NO4/c1-2-8-16(18(22)13-19)15(17(20)21)12-7-6-11-14-9-4-3-5-10-14/h3-5,9-10,13,15-16,22H,2,6-8,11-12H2,1H3,(H,20,21)/t15-,16+/m1/s1. The third-order valence-corrected chi connectivity index (χ3v) is 3.89. The number of nitrogens with zero attached hydrogens (tertiary/aromatic N) is 1. The number of aryl methyl sites for hydroxylation is 1. The van der Waals surface area contributed by atoms with Crippen LogP contribution in [0.2, 0.25) is 0 Å². The number of amides is 1. The van der Waals surface area contributed by atoms with Crippen LogP contribution in [0.3, 0.4) is 0 Å². The molecule has 0 aliphatic carbocycles. The molecule has 0 spiro atoms. The summed E-state index contributed by atoms with van der Waals surface area (Å²) in [4.78, 5) is 22.2. The van der Waals surface area contributed by atoms with Gasteiger partial charge in [-0.1, -0.05) is 50.1 Å². The van der Waals surface area contributed by atoms with Gasteiger partial charge in [-0.15, -0.1) is 0 Å². The van der Waals surface area contributed by atoms with E-state index in [0.717, 1.165) is 19.3 Å². The van der Waals surface area contributed by atoms with Crippen molar-refractivity contribution < 1.29 is 19.9 Å². The molecule has 0 unspecified atom stereocenters. The Morgan fingerprint density at radius 3 is 2.45 bits per heavy atom. The highest BCUT2D eigenvalue weighted by Gasteiger charge is 2.31. The molecule has 1 aromatic carbocycles. The normalized spacial score (nSPS) is 13.4. The maximum absolute atomic E-state index is 11.4. The lowest BCUT2D eigenvalue weighted by Crippen LogP contribution is -2.41. The minimum absolute atomic E-state index is 0.292. The summed E-state index contributed by atoms with van der Waals surface area (Å²) in [6.45, 7) is 1.90. The molecule has 0 bridgehead atoms. The molecule has 0 saturated heterocycles. The van der Waals surface area contributed by atoms with Crippen LogP contribution >= 0.6 is 0 Å². The second-order valence-electron chi connectivity index (χ2n) is 5.52. The SMILES string of the molecule is CCC[C@@H]([C@@H](CCCCc1ccccc1)C(=O)O)N(O)C=O. The molecule has 2 atom stereocenters. The molecule has 1 rings (SSSR count). The molecule has 2 N–H and O–H groups in total. The van der Waals surface area contributed by atoms with E-state index >= 15 is 0 Å². The number of hydrogen-bond acceptors (Lipinski definition) is 3. The van der Waals surface area contributed by atoms with Crippen molar-refractivity contribution in [2.75, 3.05) is 0 Å². The van der Waals surface area contributed by atoms with E-state index in [4.69, 9.17) is 0 Å². The third-order valence-electron chi connectivity index (χ3n) is 3.89. The number of unbranched alkanes of at least 4 members (excludes halogenated alkanes) is 1. The molecule has 0 fully saturated rings. The first-order valence-electron chi connectivity index (χ1n) is 7.79. The molecule has 22 heavy (non-hydrogen) atoms. The van der Waals surface area contributed by atoms with Crippen molar-refractivity contribution in [1.29, 1.82) is 0 Å². The quantitative estimate of drug-likeness (QED) is 0.285. The zero-order valence-electron chi connectivity index (χ0n) is 13.0. The molecule has 1 amide bonds. The smallest absolute Gasteiger partial charge is 0.308 e. The van der Waals surface area contributed by atoms with E-state index < -0.39 is 17.9 Å². The minimum atomic E-state index is -0.959. The number of carbonyl (C=O) groups excluding carboxylic acids is 1. The van der Waals surface area contributed by atoms with Gasteiger partial charge in [0.25, 0.3) is 0 Å². The van der Waals surface area contributed by atoms with Gasteiger partial charge in [0.1, 0.15) is 0 Å². The number of rotatable bonds is 11. The Hall–Kier alpha value is -1.88. The van der Waals surface area contributed by atoms with Crippen LogP contribution in [-0.4, -0.2) is 33.8 Å². The molecule has 1 aromatic rings. The summed E-state index contributed by atoms with van der Waals surface area (Å²) in [5.74, 6) is -1.69. The predicted molar refractivity (Wildman–Crippen MR) is 83.5 cm³/mol. The lowest BCUT2D eigenvalue weighted by Gasteiger charge is -2.28. The van der Waals surface area contributed by atoms with E-state index in [0.29, 0.717) is 30.7 Å². The molecular formula is C17H25NO4. The zero-order chi connectivity index (χ0) is 16.4. The van der Waals surface area contributed by atoms with Gasteiger partial charge in [-0.2, -0.15) is 0 Å². The average molecular weight is 307 g/mol. The second kappa shape index (κ2) is 9.95. The van der Waals surface area contributed by atoms with Crippen LogP contribution in [0.25, 0.3) is 0 Å². The molecule has 5 nitrogen and oxygen atoms in total. The fourth-order valence-corrected chi connectivity index (χ4v) is 2.71. The van der Waals surface area contributed by atoms with Gasteiger partial charge in [-0.25, -0.2) is 5.06 Å². The third kappa shape index (κ3) is 5.85. The van der Waals surface area contributed by atoms with Gasteiger partial charge in [0.2, 0.25) is 6.41 Å². The monoisotopic (exact) mass is 307 g/mol. The summed E-state index contributed by atoms with van der Waals surface area (Å²) >= 11 is 0. The fourth-order valence-electron chi connectivity index (χ4n) is 2.71. The number of carboxylic acid groups (broad SMARTS) is 1. The minimum Gasteiger partial charge on any atom is -0.481 e. The number of benzene rings is 1. The molecule has 0 aliphatic rings. The van der Waals surface area contributed by atoms with E-state index in [2.05, 4.69) is 12.1 Å². The van der Waals surface area contributed by atoms with Crippen LogP contribution < -0.4 is 0 Å². The molecule has 0 aromatic heterocycles.